The van der Waals surface area contributed by atoms with E-state index in [1.807, 2.05) is 24.3 Å². The summed E-state index contributed by atoms with van der Waals surface area (Å²) in [4.78, 5) is 11.5. The summed E-state index contributed by atoms with van der Waals surface area (Å²) in [5.74, 6) is 1.39. The SMILES string of the molecule is CN(Cc1nc(N)c2ccccc2n1)C1CCCNCC1.Cl. The molecule has 0 bridgehead atoms. The fraction of sp³-hybridized carbons (Fsp3) is 0.500. The molecule has 22 heavy (non-hydrogen) atoms. The number of nitrogen functional groups attached to an aromatic ring is 1. The number of benzene rings is 1. The topological polar surface area (TPSA) is 67.1 Å². The van der Waals surface area contributed by atoms with Crippen LogP contribution in [0.3, 0.4) is 0 Å². The van der Waals surface area contributed by atoms with Crippen molar-refractivity contribution in [2.45, 2.75) is 31.8 Å². The van der Waals surface area contributed by atoms with Crippen LogP contribution < -0.4 is 11.1 Å². The molecule has 0 spiro atoms. The van der Waals surface area contributed by atoms with Gasteiger partial charge in [-0.3, -0.25) is 4.90 Å². The molecule has 6 heteroatoms. The van der Waals surface area contributed by atoms with Crippen molar-refractivity contribution in [3.63, 3.8) is 0 Å². The lowest BCUT2D eigenvalue weighted by Crippen LogP contribution is -2.32. The average Bonchev–Trinajstić information content (AvgIpc) is 2.76. The number of nitrogens with two attached hydrogens (primary N) is 1. The molecule has 1 aromatic carbocycles. The summed E-state index contributed by atoms with van der Waals surface area (Å²) in [5, 5.41) is 4.38. The highest BCUT2D eigenvalue weighted by molar-refractivity contribution is 5.87. The molecule has 120 valence electrons. The summed E-state index contributed by atoms with van der Waals surface area (Å²) in [5.41, 5.74) is 6.98. The predicted octanol–water partition coefficient (Wildman–Crippen LogP) is 2.21. The first-order valence-electron chi connectivity index (χ1n) is 7.66. The third-order valence-electron chi connectivity index (χ3n) is 4.24. The van der Waals surface area contributed by atoms with Gasteiger partial charge in [-0.2, -0.15) is 0 Å². The van der Waals surface area contributed by atoms with E-state index in [-0.39, 0.29) is 12.4 Å². The van der Waals surface area contributed by atoms with Gasteiger partial charge in [0.05, 0.1) is 12.1 Å². The van der Waals surface area contributed by atoms with Gasteiger partial charge in [0.2, 0.25) is 0 Å². The largest absolute Gasteiger partial charge is 0.383 e. The minimum absolute atomic E-state index is 0. The number of nitrogens with zero attached hydrogens (tertiary/aromatic N) is 3. The Labute approximate surface area is 137 Å². The van der Waals surface area contributed by atoms with Gasteiger partial charge in [0.25, 0.3) is 0 Å². The second-order valence-electron chi connectivity index (χ2n) is 5.79. The fourth-order valence-electron chi connectivity index (χ4n) is 3.02. The molecule has 1 saturated heterocycles. The summed E-state index contributed by atoms with van der Waals surface area (Å²) >= 11 is 0. The van der Waals surface area contributed by atoms with Crippen LogP contribution in [0.15, 0.2) is 24.3 Å². The molecule has 3 N–H and O–H groups in total. The normalized spacial score (nSPS) is 18.9. The Morgan fingerprint density at radius 1 is 1.23 bits per heavy atom. The number of rotatable bonds is 3. The van der Waals surface area contributed by atoms with Crippen molar-refractivity contribution in [1.29, 1.82) is 0 Å². The van der Waals surface area contributed by atoms with Crippen LogP contribution in [0.25, 0.3) is 10.9 Å². The van der Waals surface area contributed by atoms with Gasteiger partial charge in [-0.25, -0.2) is 9.97 Å². The zero-order chi connectivity index (χ0) is 14.7. The zero-order valence-electron chi connectivity index (χ0n) is 13.0. The summed E-state index contributed by atoms with van der Waals surface area (Å²) in [6.45, 7) is 2.97. The number of para-hydroxylation sites is 1. The minimum Gasteiger partial charge on any atom is -0.383 e. The summed E-state index contributed by atoms with van der Waals surface area (Å²) in [6, 6.07) is 8.50. The second kappa shape index (κ2) is 7.72. The first-order chi connectivity index (χ1) is 10.2. The highest BCUT2D eigenvalue weighted by Crippen LogP contribution is 2.19. The highest BCUT2D eigenvalue weighted by Gasteiger charge is 2.18. The lowest BCUT2D eigenvalue weighted by atomic mass is 10.1. The molecule has 2 heterocycles. The van der Waals surface area contributed by atoms with Crippen molar-refractivity contribution in [3.8, 4) is 0 Å². The van der Waals surface area contributed by atoms with Gasteiger partial charge < -0.3 is 11.1 Å². The Balaban J connectivity index is 0.00000176. The van der Waals surface area contributed by atoms with Crippen molar-refractivity contribution < 1.29 is 0 Å². The van der Waals surface area contributed by atoms with E-state index in [1.54, 1.807) is 0 Å². The lowest BCUT2D eigenvalue weighted by molar-refractivity contribution is 0.212. The van der Waals surface area contributed by atoms with E-state index < -0.39 is 0 Å². The molecule has 1 unspecified atom stereocenters. The maximum Gasteiger partial charge on any atom is 0.145 e. The van der Waals surface area contributed by atoms with E-state index in [2.05, 4.69) is 27.2 Å². The van der Waals surface area contributed by atoms with Crippen LogP contribution >= 0.6 is 12.4 Å². The van der Waals surface area contributed by atoms with E-state index in [0.717, 1.165) is 36.4 Å². The van der Waals surface area contributed by atoms with Gasteiger partial charge in [-0.15, -0.1) is 12.4 Å². The number of hydrogen-bond donors (Lipinski definition) is 2. The first-order valence-corrected chi connectivity index (χ1v) is 7.66. The van der Waals surface area contributed by atoms with Gasteiger partial charge in [0.15, 0.2) is 0 Å². The van der Waals surface area contributed by atoms with Crippen LogP contribution in [0, 0.1) is 0 Å². The van der Waals surface area contributed by atoms with Crippen molar-refractivity contribution >= 4 is 29.1 Å². The van der Waals surface area contributed by atoms with Gasteiger partial charge in [-0.05, 0) is 51.5 Å². The molecule has 0 aliphatic carbocycles. The van der Waals surface area contributed by atoms with Crippen LogP contribution in [0.1, 0.15) is 25.1 Å². The number of halogens is 1. The van der Waals surface area contributed by atoms with Crippen molar-refractivity contribution in [3.05, 3.63) is 30.1 Å². The van der Waals surface area contributed by atoms with E-state index in [4.69, 9.17) is 5.73 Å². The lowest BCUT2D eigenvalue weighted by Gasteiger charge is -2.26. The monoisotopic (exact) mass is 321 g/mol. The Kier molecular flexibility index (Phi) is 5.94. The molecule has 1 aromatic heterocycles. The Hall–Kier alpha value is -1.43. The van der Waals surface area contributed by atoms with Crippen molar-refractivity contribution in [2.75, 3.05) is 25.9 Å². The predicted molar refractivity (Wildman–Crippen MR) is 93.2 cm³/mol. The van der Waals surface area contributed by atoms with Crippen LogP contribution in [0.2, 0.25) is 0 Å². The first kappa shape index (κ1) is 16.9. The Bertz CT molecular complexity index is 611. The Morgan fingerprint density at radius 2 is 2.05 bits per heavy atom. The summed E-state index contributed by atoms with van der Waals surface area (Å²) in [7, 11) is 2.16. The quantitative estimate of drug-likeness (QED) is 0.907. The second-order valence-corrected chi connectivity index (χ2v) is 5.79. The van der Waals surface area contributed by atoms with Crippen LogP contribution in [0.5, 0.6) is 0 Å². The van der Waals surface area contributed by atoms with Gasteiger partial charge in [0.1, 0.15) is 11.6 Å². The zero-order valence-corrected chi connectivity index (χ0v) is 13.8. The molecular formula is C16H24ClN5. The maximum atomic E-state index is 6.06. The standard InChI is InChI=1S/C16H23N5.ClH/c1-21(12-5-4-9-18-10-8-12)11-15-19-14-7-3-2-6-13(14)16(17)20-15;/h2-3,6-7,12,18H,4-5,8-11H2,1H3,(H2,17,19,20);1H. The highest BCUT2D eigenvalue weighted by atomic mass is 35.5. The van der Waals surface area contributed by atoms with Crippen molar-refractivity contribution in [2.24, 2.45) is 0 Å². The third kappa shape index (κ3) is 3.85. The van der Waals surface area contributed by atoms with E-state index in [1.165, 1.54) is 19.3 Å². The maximum absolute atomic E-state index is 6.06. The number of aromatic nitrogens is 2. The molecule has 1 fully saturated rings. The Morgan fingerprint density at radius 3 is 2.91 bits per heavy atom. The smallest absolute Gasteiger partial charge is 0.145 e. The molecular weight excluding hydrogens is 298 g/mol. The molecule has 1 atom stereocenters. The fourth-order valence-corrected chi connectivity index (χ4v) is 3.02. The van der Waals surface area contributed by atoms with Crippen LogP contribution in [-0.2, 0) is 6.54 Å². The number of nitrogens with one attached hydrogen (secondary N) is 1. The third-order valence-corrected chi connectivity index (χ3v) is 4.24. The van der Waals surface area contributed by atoms with Gasteiger partial charge >= 0.3 is 0 Å². The van der Waals surface area contributed by atoms with Crippen LogP contribution in [-0.4, -0.2) is 41.0 Å². The molecule has 1 aliphatic rings. The summed E-state index contributed by atoms with van der Waals surface area (Å²) < 4.78 is 0. The van der Waals surface area contributed by atoms with E-state index in [0.29, 0.717) is 11.9 Å². The summed E-state index contributed by atoms with van der Waals surface area (Å²) in [6.07, 6.45) is 3.64. The molecule has 3 rings (SSSR count). The molecule has 0 saturated carbocycles. The van der Waals surface area contributed by atoms with Crippen LogP contribution in [0.4, 0.5) is 5.82 Å². The minimum atomic E-state index is 0. The van der Waals surface area contributed by atoms with Gasteiger partial charge in [-0.1, -0.05) is 12.1 Å². The van der Waals surface area contributed by atoms with Crippen molar-refractivity contribution in [1.82, 2.24) is 20.2 Å². The average molecular weight is 322 g/mol. The molecule has 1 aliphatic heterocycles. The molecule has 0 amide bonds. The molecule has 5 nitrogen and oxygen atoms in total. The number of fused-ring (bicyclic) bond motifs is 1. The molecule has 2 aromatic rings. The number of hydrogen-bond acceptors (Lipinski definition) is 5. The van der Waals surface area contributed by atoms with E-state index >= 15 is 0 Å². The number of anilines is 1. The van der Waals surface area contributed by atoms with Gasteiger partial charge in [0, 0.05) is 11.4 Å². The molecule has 0 radical (unpaired) electrons. The van der Waals surface area contributed by atoms with E-state index in [9.17, 15) is 0 Å².